The van der Waals surface area contributed by atoms with Crippen LogP contribution in [0.4, 0.5) is 0 Å². The molecule has 0 saturated heterocycles. The molecule has 2 aromatic carbocycles. The Kier molecular flexibility index (Phi) is 4.46. The number of hydrogen-bond acceptors (Lipinski definition) is 2. The highest BCUT2D eigenvalue weighted by Gasteiger charge is 2.08. The third kappa shape index (κ3) is 3.79. The van der Waals surface area contributed by atoms with Crippen LogP contribution < -0.4 is 4.74 Å². The molecule has 0 N–H and O–H groups in total. The molecule has 0 heterocycles. The van der Waals surface area contributed by atoms with Gasteiger partial charge in [-0.3, -0.25) is 0 Å². The molecule has 0 spiro atoms. The zero-order chi connectivity index (χ0) is 14.5. The Bertz CT molecular complexity index is 668. The van der Waals surface area contributed by atoms with Crippen molar-refractivity contribution in [2.24, 2.45) is 0 Å². The number of hydrogen-bond donors (Lipinski definition) is 0. The van der Waals surface area contributed by atoms with Crippen molar-refractivity contribution in [3.05, 3.63) is 78.1 Å². The van der Waals surface area contributed by atoms with Crippen LogP contribution in [-0.4, -0.2) is 0 Å². The molecule has 1 aliphatic rings. The summed E-state index contributed by atoms with van der Waals surface area (Å²) in [5.74, 6) is 1.97. The van der Waals surface area contributed by atoms with E-state index >= 15 is 0 Å². The number of benzene rings is 2. The van der Waals surface area contributed by atoms with Crippen LogP contribution in [-0.2, 0) is 0 Å². The van der Waals surface area contributed by atoms with Gasteiger partial charge >= 0.3 is 0 Å². The molecule has 0 aliphatic heterocycles. The van der Waals surface area contributed by atoms with E-state index in [1.54, 1.807) is 11.8 Å². The summed E-state index contributed by atoms with van der Waals surface area (Å²) in [4.78, 5) is 2.38. The standard InChI is InChI=1S/C19H18OS/c1-15-11-13-17(14-12-15)21-19-10-6-5-9-18(19)20-16-7-3-2-4-8-16/h2-3,5-7,9-14H,4,8H2,1H3. The molecule has 1 nitrogen and oxygen atoms in total. The molecule has 1 aliphatic carbocycles. The number of ether oxygens (including phenoxy) is 1. The van der Waals surface area contributed by atoms with Gasteiger partial charge in [0.1, 0.15) is 11.5 Å². The van der Waals surface area contributed by atoms with Crippen LogP contribution in [0, 0.1) is 6.92 Å². The Hall–Kier alpha value is -1.93. The fourth-order valence-corrected chi connectivity index (χ4v) is 3.04. The van der Waals surface area contributed by atoms with E-state index in [-0.39, 0.29) is 0 Å². The molecule has 0 amide bonds. The lowest BCUT2D eigenvalue weighted by molar-refractivity contribution is 0.394. The molecule has 106 valence electrons. The van der Waals surface area contributed by atoms with E-state index in [2.05, 4.69) is 61.5 Å². The van der Waals surface area contributed by atoms with E-state index in [9.17, 15) is 0 Å². The Labute approximate surface area is 130 Å². The monoisotopic (exact) mass is 294 g/mol. The predicted molar refractivity (Wildman–Crippen MR) is 88.8 cm³/mol. The van der Waals surface area contributed by atoms with Crippen molar-refractivity contribution in [3.63, 3.8) is 0 Å². The highest BCUT2D eigenvalue weighted by molar-refractivity contribution is 7.99. The maximum absolute atomic E-state index is 6.07. The lowest BCUT2D eigenvalue weighted by atomic mass is 10.2. The van der Waals surface area contributed by atoms with Gasteiger partial charge in [-0.1, -0.05) is 53.7 Å². The van der Waals surface area contributed by atoms with Crippen LogP contribution in [0.25, 0.3) is 0 Å². The largest absolute Gasteiger partial charge is 0.461 e. The van der Waals surface area contributed by atoms with Crippen LogP contribution in [0.3, 0.4) is 0 Å². The van der Waals surface area contributed by atoms with Crippen molar-refractivity contribution in [3.8, 4) is 5.75 Å². The van der Waals surface area contributed by atoms with Gasteiger partial charge in [-0.2, -0.15) is 0 Å². The number of allylic oxidation sites excluding steroid dienone is 4. The van der Waals surface area contributed by atoms with Crippen molar-refractivity contribution in [2.45, 2.75) is 29.6 Å². The Morgan fingerprint density at radius 1 is 1.00 bits per heavy atom. The third-order valence-corrected chi connectivity index (χ3v) is 4.38. The average Bonchev–Trinajstić information content (AvgIpc) is 2.52. The summed E-state index contributed by atoms with van der Waals surface area (Å²) in [5.41, 5.74) is 1.28. The Morgan fingerprint density at radius 3 is 2.57 bits per heavy atom. The highest BCUT2D eigenvalue weighted by atomic mass is 32.2. The second kappa shape index (κ2) is 6.68. The summed E-state index contributed by atoms with van der Waals surface area (Å²) in [5, 5.41) is 0. The highest BCUT2D eigenvalue weighted by Crippen LogP contribution is 2.36. The molecule has 21 heavy (non-hydrogen) atoms. The van der Waals surface area contributed by atoms with Gasteiger partial charge in [-0.15, -0.1) is 0 Å². The molecule has 0 aromatic heterocycles. The summed E-state index contributed by atoms with van der Waals surface area (Å²) in [6.45, 7) is 2.11. The predicted octanol–water partition coefficient (Wildman–Crippen LogP) is 5.76. The van der Waals surface area contributed by atoms with E-state index in [1.165, 1.54) is 10.5 Å². The SMILES string of the molecule is Cc1ccc(Sc2ccccc2OC2=CC=CCC2)cc1. The van der Waals surface area contributed by atoms with Gasteiger partial charge in [0.05, 0.1) is 4.90 Å². The maximum atomic E-state index is 6.07. The van der Waals surface area contributed by atoms with Gasteiger partial charge in [0.2, 0.25) is 0 Å². The van der Waals surface area contributed by atoms with E-state index < -0.39 is 0 Å². The van der Waals surface area contributed by atoms with Gasteiger partial charge in [0, 0.05) is 11.3 Å². The summed E-state index contributed by atoms with van der Waals surface area (Å²) < 4.78 is 6.07. The lowest BCUT2D eigenvalue weighted by Crippen LogP contribution is -1.98. The van der Waals surface area contributed by atoms with Crippen molar-refractivity contribution >= 4 is 11.8 Å². The fourth-order valence-electron chi connectivity index (χ4n) is 2.16. The molecule has 0 saturated carbocycles. The van der Waals surface area contributed by atoms with Crippen LogP contribution in [0.2, 0.25) is 0 Å². The van der Waals surface area contributed by atoms with Crippen molar-refractivity contribution in [2.75, 3.05) is 0 Å². The summed E-state index contributed by atoms with van der Waals surface area (Å²) in [6, 6.07) is 16.8. The molecular weight excluding hydrogens is 276 g/mol. The number of para-hydroxylation sites is 1. The molecule has 3 rings (SSSR count). The Balaban J connectivity index is 1.80. The minimum atomic E-state index is 0.935. The summed E-state index contributed by atoms with van der Waals surface area (Å²) in [6.07, 6.45) is 8.31. The van der Waals surface area contributed by atoms with Crippen LogP contribution in [0.1, 0.15) is 18.4 Å². The molecule has 2 aromatic rings. The van der Waals surface area contributed by atoms with Crippen LogP contribution >= 0.6 is 11.8 Å². The van der Waals surface area contributed by atoms with Crippen molar-refractivity contribution in [1.82, 2.24) is 0 Å². The first-order chi connectivity index (χ1) is 10.3. The van der Waals surface area contributed by atoms with Gasteiger partial charge < -0.3 is 4.74 Å². The normalized spacial score (nSPS) is 13.9. The number of aryl methyl sites for hydroxylation is 1. The molecule has 0 atom stereocenters. The van der Waals surface area contributed by atoms with Gasteiger partial charge in [-0.05, 0) is 43.7 Å². The van der Waals surface area contributed by atoms with Crippen molar-refractivity contribution in [1.29, 1.82) is 0 Å². The molecule has 0 bridgehead atoms. The lowest BCUT2D eigenvalue weighted by Gasteiger charge is -2.14. The zero-order valence-corrected chi connectivity index (χ0v) is 12.9. The number of rotatable bonds is 4. The molecular formula is C19H18OS. The van der Waals surface area contributed by atoms with E-state index in [0.29, 0.717) is 0 Å². The zero-order valence-electron chi connectivity index (χ0n) is 12.1. The molecule has 2 heteroatoms. The quantitative estimate of drug-likeness (QED) is 0.709. The van der Waals surface area contributed by atoms with Gasteiger partial charge in [0.25, 0.3) is 0 Å². The first-order valence-electron chi connectivity index (χ1n) is 7.18. The first-order valence-corrected chi connectivity index (χ1v) is 8.00. The summed E-state index contributed by atoms with van der Waals surface area (Å²) >= 11 is 1.74. The first kappa shape index (κ1) is 14.0. The minimum absolute atomic E-state index is 0.935. The molecule has 0 fully saturated rings. The van der Waals surface area contributed by atoms with E-state index in [4.69, 9.17) is 4.74 Å². The molecule has 0 radical (unpaired) electrons. The minimum Gasteiger partial charge on any atom is -0.461 e. The van der Waals surface area contributed by atoms with Crippen LogP contribution in [0.15, 0.2) is 82.3 Å². The van der Waals surface area contributed by atoms with Crippen molar-refractivity contribution < 1.29 is 4.74 Å². The third-order valence-electron chi connectivity index (χ3n) is 3.31. The average molecular weight is 294 g/mol. The second-order valence-corrected chi connectivity index (χ2v) is 6.18. The fraction of sp³-hybridized carbons (Fsp3) is 0.158. The molecule has 0 unspecified atom stereocenters. The summed E-state index contributed by atoms with van der Waals surface area (Å²) in [7, 11) is 0. The Morgan fingerprint density at radius 2 is 1.81 bits per heavy atom. The van der Waals surface area contributed by atoms with E-state index in [0.717, 1.165) is 29.2 Å². The van der Waals surface area contributed by atoms with Gasteiger partial charge in [-0.25, -0.2) is 0 Å². The van der Waals surface area contributed by atoms with Crippen LogP contribution in [0.5, 0.6) is 5.75 Å². The maximum Gasteiger partial charge on any atom is 0.140 e. The second-order valence-electron chi connectivity index (χ2n) is 5.06. The smallest absolute Gasteiger partial charge is 0.140 e. The topological polar surface area (TPSA) is 9.23 Å². The van der Waals surface area contributed by atoms with E-state index in [1.807, 2.05) is 12.1 Å². The van der Waals surface area contributed by atoms with Gasteiger partial charge in [0.15, 0.2) is 0 Å².